The summed E-state index contributed by atoms with van der Waals surface area (Å²) in [5.74, 6) is 2.57. The van der Waals surface area contributed by atoms with Crippen molar-refractivity contribution in [3.05, 3.63) is 12.4 Å². The zero-order valence-corrected chi connectivity index (χ0v) is 15.6. The summed E-state index contributed by atoms with van der Waals surface area (Å²) in [6.45, 7) is 6.94. The van der Waals surface area contributed by atoms with Crippen LogP contribution >= 0.6 is 11.8 Å². The third-order valence-corrected chi connectivity index (χ3v) is 6.56. The van der Waals surface area contributed by atoms with Crippen LogP contribution < -0.4 is 4.90 Å². The first kappa shape index (κ1) is 17.1. The molecule has 0 aromatic carbocycles. The zero-order chi connectivity index (χ0) is 17.2. The van der Waals surface area contributed by atoms with Crippen molar-refractivity contribution in [2.24, 2.45) is 11.8 Å². The first-order valence-electron chi connectivity index (χ1n) is 9.34. The number of fused-ring (bicyclic) bond motifs is 3. The predicted molar refractivity (Wildman–Crippen MR) is 97.8 cm³/mol. The molecule has 1 aromatic rings. The Morgan fingerprint density at radius 3 is 3.12 bits per heavy atom. The van der Waals surface area contributed by atoms with E-state index in [1.807, 2.05) is 13.1 Å². The monoisotopic (exact) mass is 362 g/mol. The molecule has 3 aliphatic rings. The molecule has 3 atom stereocenters. The summed E-state index contributed by atoms with van der Waals surface area (Å²) >= 11 is 1.40. The smallest absolute Gasteiger partial charge is 0.316 e. The van der Waals surface area contributed by atoms with Crippen LogP contribution in [0.2, 0.25) is 0 Å². The van der Waals surface area contributed by atoms with Crippen molar-refractivity contribution in [2.45, 2.75) is 37.3 Å². The van der Waals surface area contributed by atoms with Crippen LogP contribution in [0.4, 0.5) is 5.82 Å². The quantitative estimate of drug-likeness (QED) is 0.587. The second-order valence-electron chi connectivity index (χ2n) is 7.20. The summed E-state index contributed by atoms with van der Waals surface area (Å²) in [6.07, 6.45) is 7.69. The SMILES string of the molecule is CCOC(=O)CSc1cncc(N2CC3CN4CCCCC4C3C2)n1. The summed E-state index contributed by atoms with van der Waals surface area (Å²) in [5.41, 5.74) is 0. The number of thioether (sulfide) groups is 1. The van der Waals surface area contributed by atoms with Crippen LogP contribution in [0, 0.1) is 11.8 Å². The summed E-state index contributed by atoms with van der Waals surface area (Å²) < 4.78 is 4.97. The third-order valence-electron chi connectivity index (χ3n) is 5.69. The number of rotatable bonds is 5. The Hall–Kier alpha value is -1.34. The topological polar surface area (TPSA) is 58.6 Å². The molecule has 3 saturated heterocycles. The molecule has 25 heavy (non-hydrogen) atoms. The van der Waals surface area contributed by atoms with E-state index in [1.54, 1.807) is 6.20 Å². The lowest BCUT2D eigenvalue weighted by atomic mass is 9.90. The molecular weight excluding hydrogens is 336 g/mol. The van der Waals surface area contributed by atoms with Gasteiger partial charge in [0.1, 0.15) is 10.8 Å². The molecule has 6 nitrogen and oxygen atoms in total. The molecule has 3 aliphatic heterocycles. The van der Waals surface area contributed by atoms with Gasteiger partial charge in [0.25, 0.3) is 0 Å². The molecule has 1 aromatic heterocycles. The van der Waals surface area contributed by atoms with Gasteiger partial charge in [0.2, 0.25) is 0 Å². The number of piperidine rings is 1. The van der Waals surface area contributed by atoms with Crippen molar-refractivity contribution in [1.82, 2.24) is 14.9 Å². The lowest BCUT2D eigenvalue weighted by molar-refractivity contribution is -0.139. The van der Waals surface area contributed by atoms with Gasteiger partial charge in [-0.15, -0.1) is 0 Å². The van der Waals surface area contributed by atoms with Gasteiger partial charge in [-0.1, -0.05) is 18.2 Å². The molecule has 0 radical (unpaired) electrons. The van der Waals surface area contributed by atoms with Gasteiger partial charge in [0, 0.05) is 25.7 Å². The van der Waals surface area contributed by atoms with E-state index in [0.717, 1.165) is 41.8 Å². The van der Waals surface area contributed by atoms with E-state index >= 15 is 0 Å². The highest BCUT2D eigenvalue weighted by Gasteiger charge is 2.47. The number of esters is 1. The van der Waals surface area contributed by atoms with Gasteiger partial charge in [-0.2, -0.15) is 0 Å². The number of ether oxygens (including phenoxy) is 1. The summed E-state index contributed by atoms with van der Waals surface area (Å²) in [4.78, 5) is 25.7. The summed E-state index contributed by atoms with van der Waals surface area (Å²) in [6, 6.07) is 0.776. The summed E-state index contributed by atoms with van der Waals surface area (Å²) in [7, 11) is 0. The second kappa shape index (κ2) is 7.50. The highest BCUT2D eigenvalue weighted by Crippen LogP contribution is 2.41. The fraction of sp³-hybridized carbons (Fsp3) is 0.722. The number of carbonyl (C=O) groups is 1. The van der Waals surface area contributed by atoms with Gasteiger partial charge >= 0.3 is 5.97 Å². The average molecular weight is 362 g/mol. The molecule has 0 spiro atoms. The largest absolute Gasteiger partial charge is 0.465 e. The number of carbonyl (C=O) groups excluding carboxylic acids is 1. The van der Waals surface area contributed by atoms with E-state index in [-0.39, 0.29) is 11.7 Å². The molecule has 4 rings (SSSR count). The molecule has 0 aliphatic carbocycles. The molecule has 7 heteroatoms. The van der Waals surface area contributed by atoms with Crippen molar-refractivity contribution in [3.8, 4) is 0 Å². The van der Waals surface area contributed by atoms with Crippen molar-refractivity contribution < 1.29 is 9.53 Å². The van der Waals surface area contributed by atoms with E-state index in [9.17, 15) is 4.79 Å². The van der Waals surface area contributed by atoms with Crippen molar-refractivity contribution in [1.29, 1.82) is 0 Å². The van der Waals surface area contributed by atoms with E-state index in [4.69, 9.17) is 9.72 Å². The lowest BCUT2D eigenvalue weighted by Gasteiger charge is -2.33. The molecule has 136 valence electrons. The van der Waals surface area contributed by atoms with Crippen LogP contribution in [-0.2, 0) is 9.53 Å². The van der Waals surface area contributed by atoms with Gasteiger partial charge in [0.15, 0.2) is 0 Å². The third kappa shape index (κ3) is 3.62. The number of nitrogens with zero attached hydrogens (tertiary/aromatic N) is 4. The van der Waals surface area contributed by atoms with Crippen LogP contribution in [0.25, 0.3) is 0 Å². The lowest BCUT2D eigenvalue weighted by Crippen LogP contribution is -2.40. The maximum Gasteiger partial charge on any atom is 0.316 e. The van der Waals surface area contributed by atoms with Crippen LogP contribution in [0.1, 0.15) is 26.2 Å². The molecule has 0 amide bonds. The molecule has 0 bridgehead atoms. The van der Waals surface area contributed by atoms with E-state index in [2.05, 4.69) is 14.8 Å². The number of aromatic nitrogens is 2. The predicted octanol–water partition coefficient (Wildman–Crippen LogP) is 2.05. The molecule has 4 heterocycles. The van der Waals surface area contributed by atoms with Crippen LogP contribution in [0.15, 0.2) is 17.4 Å². The molecule has 3 unspecified atom stereocenters. The van der Waals surface area contributed by atoms with E-state index in [1.165, 1.54) is 44.1 Å². The van der Waals surface area contributed by atoms with Crippen molar-refractivity contribution in [2.75, 3.05) is 43.4 Å². The van der Waals surface area contributed by atoms with Gasteiger partial charge in [-0.3, -0.25) is 14.7 Å². The van der Waals surface area contributed by atoms with Crippen LogP contribution in [0.5, 0.6) is 0 Å². The minimum absolute atomic E-state index is 0.201. The first-order chi connectivity index (χ1) is 12.2. The summed E-state index contributed by atoms with van der Waals surface area (Å²) in [5, 5.41) is 0.793. The Morgan fingerprint density at radius 2 is 2.24 bits per heavy atom. The highest BCUT2D eigenvalue weighted by atomic mass is 32.2. The number of hydrogen-bond donors (Lipinski definition) is 0. The molecule has 3 fully saturated rings. The Balaban J connectivity index is 1.38. The standard InChI is InChI=1S/C18H26N4O2S/c1-2-24-18(23)12-25-17-8-19-7-16(20-17)22-10-13-9-21-6-4-3-5-15(21)14(13)11-22/h7-8,13-15H,2-6,9-12H2,1H3. The van der Waals surface area contributed by atoms with Crippen LogP contribution in [-0.4, -0.2) is 65.4 Å². The minimum atomic E-state index is -0.201. The van der Waals surface area contributed by atoms with Gasteiger partial charge < -0.3 is 9.64 Å². The van der Waals surface area contributed by atoms with Gasteiger partial charge in [-0.05, 0) is 38.1 Å². The normalized spacial score (nSPS) is 28.7. The Morgan fingerprint density at radius 1 is 1.32 bits per heavy atom. The fourth-order valence-corrected chi connectivity index (χ4v) is 5.28. The van der Waals surface area contributed by atoms with E-state index in [0.29, 0.717) is 6.61 Å². The second-order valence-corrected chi connectivity index (χ2v) is 8.19. The zero-order valence-electron chi connectivity index (χ0n) is 14.8. The number of anilines is 1. The Labute approximate surface area is 153 Å². The Kier molecular flexibility index (Phi) is 5.12. The average Bonchev–Trinajstić information content (AvgIpc) is 3.18. The minimum Gasteiger partial charge on any atom is -0.465 e. The molecule has 0 saturated carbocycles. The van der Waals surface area contributed by atoms with Gasteiger partial charge in [-0.25, -0.2) is 4.98 Å². The number of hydrogen-bond acceptors (Lipinski definition) is 7. The maximum absolute atomic E-state index is 11.5. The molecule has 0 N–H and O–H groups in total. The first-order valence-corrected chi connectivity index (χ1v) is 10.3. The van der Waals surface area contributed by atoms with Gasteiger partial charge in [0.05, 0.1) is 24.8 Å². The molecular formula is C18H26N4O2S. The van der Waals surface area contributed by atoms with Crippen molar-refractivity contribution >= 4 is 23.5 Å². The van der Waals surface area contributed by atoms with Crippen LogP contribution in [0.3, 0.4) is 0 Å². The fourth-order valence-electron chi connectivity index (χ4n) is 4.64. The van der Waals surface area contributed by atoms with Crippen molar-refractivity contribution in [3.63, 3.8) is 0 Å². The van der Waals surface area contributed by atoms with E-state index < -0.39 is 0 Å². The Bertz CT molecular complexity index is 629. The highest BCUT2D eigenvalue weighted by molar-refractivity contribution is 7.99. The maximum atomic E-state index is 11.5.